The molecule has 122 valence electrons. The maximum Gasteiger partial charge on any atom is 0.303 e. The normalized spacial score (nSPS) is 11.6. The Morgan fingerprint density at radius 2 is 1.92 bits per heavy atom. The Kier molecular flexibility index (Phi) is 4.91. The van der Waals surface area contributed by atoms with Crippen LogP contribution < -0.4 is 4.74 Å². The van der Waals surface area contributed by atoms with Crippen molar-refractivity contribution in [3.05, 3.63) is 59.1 Å². The third-order valence-corrected chi connectivity index (χ3v) is 4.76. The van der Waals surface area contributed by atoms with E-state index in [-0.39, 0.29) is 6.42 Å². The van der Waals surface area contributed by atoms with E-state index in [4.69, 9.17) is 9.84 Å². The van der Waals surface area contributed by atoms with Gasteiger partial charge in [-0.15, -0.1) is 11.3 Å². The number of carboxylic acids is 1. The molecule has 0 saturated carbocycles. The summed E-state index contributed by atoms with van der Waals surface area (Å²) in [4.78, 5) is 15.7. The first-order chi connectivity index (χ1) is 11.7. The minimum Gasteiger partial charge on any atom is -0.496 e. The second-order valence-electron chi connectivity index (χ2n) is 5.29. The first kappa shape index (κ1) is 16.2. The van der Waals surface area contributed by atoms with Crippen LogP contribution in [0.5, 0.6) is 5.75 Å². The number of aromatic nitrogens is 1. The van der Waals surface area contributed by atoms with Crippen molar-refractivity contribution in [3.63, 3.8) is 0 Å². The number of thiazole rings is 1. The Balaban J connectivity index is 2.05. The minimum atomic E-state index is -0.818. The molecule has 0 spiro atoms. The number of methoxy groups -OCH3 is 1. The zero-order valence-corrected chi connectivity index (χ0v) is 14.0. The summed E-state index contributed by atoms with van der Waals surface area (Å²) in [5, 5.41) is 9.90. The topological polar surface area (TPSA) is 59.4 Å². The van der Waals surface area contributed by atoms with Gasteiger partial charge in [-0.05, 0) is 36.3 Å². The number of aliphatic carboxylic acids is 1. The summed E-state index contributed by atoms with van der Waals surface area (Å²) in [5.41, 5.74) is 2.75. The molecule has 4 nitrogen and oxygen atoms in total. The van der Waals surface area contributed by atoms with Crippen LogP contribution >= 0.6 is 11.3 Å². The van der Waals surface area contributed by atoms with Gasteiger partial charge in [0, 0.05) is 12.0 Å². The highest BCUT2D eigenvalue weighted by Gasteiger charge is 2.12. The van der Waals surface area contributed by atoms with Crippen molar-refractivity contribution in [3.8, 4) is 5.75 Å². The zero-order valence-electron chi connectivity index (χ0n) is 13.2. The SMILES string of the molecule is COc1ccccc1/C=C(\CCC(=O)O)c1nc2ccccc2s1. The van der Waals surface area contributed by atoms with Crippen molar-refractivity contribution in [2.45, 2.75) is 12.8 Å². The third-order valence-electron chi connectivity index (χ3n) is 3.65. The Labute approximate surface area is 144 Å². The van der Waals surface area contributed by atoms with E-state index >= 15 is 0 Å². The van der Waals surface area contributed by atoms with E-state index < -0.39 is 5.97 Å². The second kappa shape index (κ2) is 7.27. The molecule has 5 heteroatoms. The summed E-state index contributed by atoms with van der Waals surface area (Å²) < 4.78 is 6.48. The van der Waals surface area contributed by atoms with Crippen LogP contribution in [0, 0.1) is 0 Å². The van der Waals surface area contributed by atoms with Gasteiger partial charge in [0.25, 0.3) is 0 Å². The third kappa shape index (κ3) is 3.63. The standard InChI is InChI=1S/C19H17NO3S/c1-23-16-8-4-2-6-13(16)12-14(10-11-18(21)22)19-20-15-7-3-5-9-17(15)24-19/h2-9,12H,10-11H2,1H3,(H,21,22)/b14-12+. The monoisotopic (exact) mass is 339 g/mol. The van der Waals surface area contributed by atoms with E-state index in [1.165, 1.54) is 0 Å². The maximum atomic E-state index is 11.0. The summed E-state index contributed by atoms with van der Waals surface area (Å²) in [6.07, 6.45) is 2.46. The lowest BCUT2D eigenvalue weighted by Gasteiger charge is -2.07. The van der Waals surface area contributed by atoms with Crippen LogP contribution in [0.1, 0.15) is 23.4 Å². The number of fused-ring (bicyclic) bond motifs is 1. The molecule has 1 heterocycles. The van der Waals surface area contributed by atoms with Gasteiger partial charge in [-0.3, -0.25) is 4.79 Å². The number of para-hydroxylation sites is 2. The Morgan fingerprint density at radius 3 is 2.67 bits per heavy atom. The van der Waals surface area contributed by atoms with E-state index in [9.17, 15) is 4.79 Å². The number of hydrogen-bond donors (Lipinski definition) is 1. The number of rotatable bonds is 6. The predicted octanol–water partition coefficient (Wildman–Crippen LogP) is 4.71. The van der Waals surface area contributed by atoms with Crippen LogP contribution in [0.3, 0.4) is 0 Å². The highest BCUT2D eigenvalue weighted by Crippen LogP contribution is 2.32. The average molecular weight is 339 g/mol. The summed E-state index contributed by atoms with van der Waals surface area (Å²) in [6.45, 7) is 0. The van der Waals surface area contributed by atoms with Crippen molar-refractivity contribution >= 4 is 39.2 Å². The minimum absolute atomic E-state index is 0.0664. The molecule has 3 rings (SSSR count). The summed E-state index contributed by atoms with van der Waals surface area (Å²) >= 11 is 1.58. The fourth-order valence-electron chi connectivity index (χ4n) is 2.47. The number of nitrogens with zero attached hydrogens (tertiary/aromatic N) is 1. The van der Waals surface area contributed by atoms with Gasteiger partial charge in [-0.2, -0.15) is 0 Å². The number of benzene rings is 2. The fraction of sp³-hybridized carbons (Fsp3) is 0.158. The highest BCUT2D eigenvalue weighted by molar-refractivity contribution is 7.19. The van der Waals surface area contributed by atoms with Gasteiger partial charge in [-0.25, -0.2) is 4.98 Å². The van der Waals surface area contributed by atoms with Gasteiger partial charge >= 0.3 is 5.97 Å². The van der Waals surface area contributed by atoms with Crippen LogP contribution in [0.2, 0.25) is 0 Å². The lowest BCUT2D eigenvalue weighted by molar-refractivity contribution is -0.136. The van der Waals surface area contributed by atoms with Crippen molar-refractivity contribution in [2.24, 2.45) is 0 Å². The molecule has 0 aliphatic rings. The van der Waals surface area contributed by atoms with Crippen LogP contribution in [0.4, 0.5) is 0 Å². The van der Waals surface area contributed by atoms with E-state index in [1.807, 2.05) is 54.6 Å². The number of allylic oxidation sites excluding steroid dienone is 1. The van der Waals surface area contributed by atoms with Gasteiger partial charge in [0.1, 0.15) is 10.8 Å². The molecule has 2 aromatic carbocycles. The first-order valence-corrected chi connectivity index (χ1v) is 8.40. The quantitative estimate of drug-likeness (QED) is 0.706. The zero-order chi connectivity index (χ0) is 16.9. The molecule has 0 aliphatic carbocycles. The molecular weight excluding hydrogens is 322 g/mol. The molecule has 0 fully saturated rings. The van der Waals surface area contributed by atoms with E-state index in [1.54, 1.807) is 18.4 Å². The van der Waals surface area contributed by atoms with E-state index in [0.717, 1.165) is 32.1 Å². The summed E-state index contributed by atoms with van der Waals surface area (Å²) in [6, 6.07) is 15.6. The largest absolute Gasteiger partial charge is 0.496 e. The lowest BCUT2D eigenvalue weighted by atomic mass is 10.1. The van der Waals surface area contributed by atoms with Gasteiger partial charge in [0.05, 0.1) is 17.3 Å². The number of ether oxygens (including phenoxy) is 1. The predicted molar refractivity (Wildman–Crippen MR) is 97.4 cm³/mol. The molecule has 0 radical (unpaired) electrons. The molecule has 0 amide bonds. The Morgan fingerprint density at radius 1 is 1.17 bits per heavy atom. The molecule has 0 saturated heterocycles. The fourth-order valence-corrected chi connectivity index (χ4v) is 3.47. The molecular formula is C19H17NO3S. The van der Waals surface area contributed by atoms with Crippen LogP contribution in [0.25, 0.3) is 21.9 Å². The van der Waals surface area contributed by atoms with Crippen LogP contribution in [0.15, 0.2) is 48.5 Å². The Hall–Kier alpha value is -2.66. The molecule has 1 N–H and O–H groups in total. The molecule has 1 aromatic heterocycles. The molecule has 0 bridgehead atoms. The highest BCUT2D eigenvalue weighted by atomic mass is 32.1. The summed E-state index contributed by atoms with van der Waals surface area (Å²) in [5.74, 6) is -0.0616. The smallest absolute Gasteiger partial charge is 0.303 e. The van der Waals surface area contributed by atoms with Gasteiger partial charge in [0.15, 0.2) is 0 Å². The number of carboxylic acid groups (broad SMARTS) is 1. The van der Waals surface area contributed by atoms with Crippen molar-refractivity contribution in [1.82, 2.24) is 4.98 Å². The first-order valence-electron chi connectivity index (χ1n) is 7.58. The van der Waals surface area contributed by atoms with Crippen molar-refractivity contribution in [1.29, 1.82) is 0 Å². The average Bonchev–Trinajstić information content (AvgIpc) is 3.02. The van der Waals surface area contributed by atoms with Crippen LogP contribution in [-0.2, 0) is 4.79 Å². The number of carbonyl (C=O) groups is 1. The molecule has 3 aromatic rings. The van der Waals surface area contributed by atoms with Gasteiger partial charge in [0.2, 0.25) is 0 Å². The molecule has 0 aliphatic heterocycles. The Bertz CT molecular complexity index is 865. The van der Waals surface area contributed by atoms with E-state index in [2.05, 4.69) is 4.98 Å². The second-order valence-corrected chi connectivity index (χ2v) is 6.32. The van der Waals surface area contributed by atoms with Crippen molar-refractivity contribution in [2.75, 3.05) is 7.11 Å². The maximum absolute atomic E-state index is 11.0. The molecule has 24 heavy (non-hydrogen) atoms. The molecule has 0 unspecified atom stereocenters. The van der Waals surface area contributed by atoms with Gasteiger partial charge in [-0.1, -0.05) is 30.3 Å². The summed E-state index contributed by atoms with van der Waals surface area (Å²) in [7, 11) is 1.63. The van der Waals surface area contributed by atoms with Crippen LogP contribution in [-0.4, -0.2) is 23.2 Å². The molecule has 0 atom stereocenters. The van der Waals surface area contributed by atoms with Crippen molar-refractivity contribution < 1.29 is 14.6 Å². The number of hydrogen-bond acceptors (Lipinski definition) is 4. The lowest BCUT2D eigenvalue weighted by Crippen LogP contribution is -1.96. The van der Waals surface area contributed by atoms with E-state index in [0.29, 0.717) is 6.42 Å². The van der Waals surface area contributed by atoms with Gasteiger partial charge < -0.3 is 9.84 Å².